The van der Waals surface area contributed by atoms with Crippen molar-refractivity contribution in [2.45, 2.75) is 71.5 Å². The molecule has 0 aliphatic heterocycles. The summed E-state index contributed by atoms with van der Waals surface area (Å²) in [6.07, 6.45) is 6.30. The number of aliphatic hydroxyl groups is 1. The normalized spacial score (nSPS) is 23.0. The molecule has 3 heteroatoms. The van der Waals surface area contributed by atoms with E-state index in [-0.39, 0.29) is 12.1 Å². The van der Waals surface area contributed by atoms with E-state index in [1.165, 1.54) is 19.3 Å². The number of hydrogen-bond acceptors (Lipinski definition) is 3. The Kier molecular flexibility index (Phi) is 7.77. The van der Waals surface area contributed by atoms with Gasteiger partial charge in [-0.3, -0.25) is 4.79 Å². The van der Waals surface area contributed by atoms with Crippen molar-refractivity contribution in [3.05, 3.63) is 35.9 Å². The van der Waals surface area contributed by atoms with Crippen LogP contribution in [0.4, 0.5) is 0 Å². The lowest BCUT2D eigenvalue weighted by molar-refractivity contribution is -0.145. The van der Waals surface area contributed by atoms with E-state index in [0.29, 0.717) is 31.3 Å². The molecule has 0 radical (unpaired) electrons. The molecule has 1 aliphatic rings. The average Bonchev–Trinajstić information content (AvgIpc) is 3.02. The van der Waals surface area contributed by atoms with Crippen molar-refractivity contribution in [2.24, 2.45) is 17.8 Å². The van der Waals surface area contributed by atoms with Gasteiger partial charge in [0.1, 0.15) is 6.61 Å². The SMILES string of the molecule is CCCC(C(O)CCC(=O)OCc1ccccc1)C1CCC(C)C1. The van der Waals surface area contributed by atoms with Crippen LogP contribution in [0.2, 0.25) is 0 Å². The van der Waals surface area contributed by atoms with Crippen molar-refractivity contribution in [2.75, 3.05) is 0 Å². The van der Waals surface area contributed by atoms with E-state index in [9.17, 15) is 9.90 Å². The molecule has 0 bridgehead atoms. The second-order valence-corrected chi connectivity index (χ2v) is 7.38. The fourth-order valence-corrected chi connectivity index (χ4v) is 4.01. The van der Waals surface area contributed by atoms with Gasteiger partial charge in [0.15, 0.2) is 0 Å². The zero-order valence-electron chi connectivity index (χ0n) is 15.1. The Morgan fingerprint density at radius 3 is 2.62 bits per heavy atom. The monoisotopic (exact) mass is 332 g/mol. The molecular formula is C21H32O3. The topological polar surface area (TPSA) is 46.5 Å². The van der Waals surface area contributed by atoms with E-state index >= 15 is 0 Å². The Bertz CT molecular complexity index is 485. The summed E-state index contributed by atoms with van der Waals surface area (Å²) in [6.45, 7) is 4.79. The molecule has 1 aromatic rings. The molecule has 4 unspecified atom stereocenters. The van der Waals surface area contributed by atoms with Gasteiger partial charge in [0, 0.05) is 6.42 Å². The van der Waals surface area contributed by atoms with Gasteiger partial charge in [0.25, 0.3) is 0 Å². The van der Waals surface area contributed by atoms with Gasteiger partial charge in [-0.1, -0.05) is 57.0 Å². The number of aliphatic hydroxyl groups excluding tert-OH is 1. The molecule has 1 saturated carbocycles. The molecule has 2 rings (SSSR count). The molecule has 0 saturated heterocycles. The first-order valence-electron chi connectivity index (χ1n) is 9.47. The molecule has 0 amide bonds. The second kappa shape index (κ2) is 9.83. The summed E-state index contributed by atoms with van der Waals surface area (Å²) in [4.78, 5) is 11.9. The molecule has 4 atom stereocenters. The fraction of sp³-hybridized carbons (Fsp3) is 0.667. The van der Waals surface area contributed by atoms with Crippen molar-refractivity contribution < 1.29 is 14.6 Å². The van der Waals surface area contributed by atoms with Crippen molar-refractivity contribution >= 4 is 5.97 Å². The van der Waals surface area contributed by atoms with Crippen LogP contribution in [-0.2, 0) is 16.1 Å². The molecule has 1 aliphatic carbocycles. The third-order valence-electron chi connectivity index (χ3n) is 5.34. The minimum absolute atomic E-state index is 0.215. The summed E-state index contributed by atoms with van der Waals surface area (Å²) in [7, 11) is 0. The third kappa shape index (κ3) is 5.94. The van der Waals surface area contributed by atoms with Gasteiger partial charge in [0.2, 0.25) is 0 Å². The minimum atomic E-state index is -0.385. The Morgan fingerprint density at radius 1 is 1.25 bits per heavy atom. The second-order valence-electron chi connectivity index (χ2n) is 7.38. The first-order chi connectivity index (χ1) is 11.6. The highest BCUT2D eigenvalue weighted by Gasteiger charge is 2.32. The smallest absolute Gasteiger partial charge is 0.306 e. The molecule has 1 fully saturated rings. The maximum absolute atomic E-state index is 11.9. The van der Waals surface area contributed by atoms with Crippen molar-refractivity contribution in [3.63, 3.8) is 0 Å². The molecule has 0 heterocycles. The number of benzene rings is 1. The molecule has 24 heavy (non-hydrogen) atoms. The predicted molar refractivity (Wildman–Crippen MR) is 96.4 cm³/mol. The Hall–Kier alpha value is -1.35. The van der Waals surface area contributed by atoms with Crippen molar-refractivity contribution in [3.8, 4) is 0 Å². The predicted octanol–water partition coefficient (Wildman–Crippen LogP) is 4.72. The highest BCUT2D eigenvalue weighted by Crippen LogP contribution is 2.39. The largest absolute Gasteiger partial charge is 0.461 e. The van der Waals surface area contributed by atoms with E-state index in [2.05, 4.69) is 13.8 Å². The van der Waals surface area contributed by atoms with Crippen LogP contribution in [0.15, 0.2) is 30.3 Å². The van der Waals surface area contributed by atoms with Gasteiger partial charge in [-0.25, -0.2) is 0 Å². The molecule has 0 aromatic heterocycles. The van der Waals surface area contributed by atoms with Crippen LogP contribution in [0.5, 0.6) is 0 Å². The van der Waals surface area contributed by atoms with Gasteiger partial charge in [0.05, 0.1) is 6.10 Å². The van der Waals surface area contributed by atoms with Gasteiger partial charge in [-0.15, -0.1) is 0 Å². The summed E-state index contributed by atoms with van der Waals surface area (Å²) in [5.41, 5.74) is 0.996. The van der Waals surface area contributed by atoms with Crippen LogP contribution in [0.1, 0.15) is 64.4 Å². The van der Waals surface area contributed by atoms with Gasteiger partial charge >= 0.3 is 5.97 Å². The third-order valence-corrected chi connectivity index (χ3v) is 5.34. The first-order valence-corrected chi connectivity index (χ1v) is 9.47. The van der Waals surface area contributed by atoms with E-state index < -0.39 is 0 Å². The van der Waals surface area contributed by atoms with Gasteiger partial charge < -0.3 is 9.84 Å². The Balaban J connectivity index is 1.75. The highest BCUT2D eigenvalue weighted by molar-refractivity contribution is 5.69. The van der Waals surface area contributed by atoms with Crippen LogP contribution in [0.25, 0.3) is 0 Å². The van der Waals surface area contributed by atoms with E-state index in [4.69, 9.17) is 4.74 Å². The van der Waals surface area contributed by atoms with Crippen LogP contribution < -0.4 is 0 Å². The highest BCUT2D eigenvalue weighted by atomic mass is 16.5. The summed E-state index contributed by atoms with van der Waals surface area (Å²) in [6, 6.07) is 9.70. The number of hydrogen-bond donors (Lipinski definition) is 1. The lowest BCUT2D eigenvalue weighted by Crippen LogP contribution is -2.27. The van der Waals surface area contributed by atoms with E-state index in [0.717, 1.165) is 24.3 Å². The maximum atomic E-state index is 11.9. The zero-order valence-corrected chi connectivity index (χ0v) is 15.1. The first kappa shape index (κ1) is 19.0. The summed E-state index contributed by atoms with van der Waals surface area (Å²) >= 11 is 0. The van der Waals surface area contributed by atoms with Crippen LogP contribution in [0.3, 0.4) is 0 Å². The lowest BCUT2D eigenvalue weighted by Gasteiger charge is -2.28. The lowest BCUT2D eigenvalue weighted by atomic mass is 9.81. The van der Waals surface area contributed by atoms with Crippen LogP contribution in [-0.4, -0.2) is 17.2 Å². The molecule has 134 valence electrons. The number of rotatable bonds is 9. The number of ether oxygens (including phenoxy) is 1. The van der Waals surface area contributed by atoms with Crippen molar-refractivity contribution in [1.82, 2.24) is 0 Å². The summed E-state index contributed by atoms with van der Waals surface area (Å²) in [5, 5.41) is 10.6. The van der Waals surface area contributed by atoms with Crippen LogP contribution in [0, 0.1) is 17.8 Å². The van der Waals surface area contributed by atoms with Crippen molar-refractivity contribution in [1.29, 1.82) is 0 Å². The molecule has 1 N–H and O–H groups in total. The molecule has 3 nitrogen and oxygen atoms in total. The Labute approximate surface area is 146 Å². The standard InChI is InChI=1S/C21H32O3/c1-3-7-19(18-11-10-16(2)14-18)20(22)12-13-21(23)24-15-17-8-5-4-6-9-17/h4-6,8-9,16,18-20,22H,3,7,10-15H2,1-2H3. The number of carbonyl (C=O) groups is 1. The summed E-state index contributed by atoms with van der Waals surface area (Å²) < 4.78 is 5.31. The zero-order chi connectivity index (χ0) is 17.4. The average molecular weight is 332 g/mol. The number of carbonyl (C=O) groups excluding carboxylic acids is 1. The minimum Gasteiger partial charge on any atom is -0.461 e. The fourth-order valence-electron chi connectivity index (χ4n) is 4.01. The van der Waals surface area contributed by atoms with E-state index in [1.807, 2.05) is 30.3 Å². The number of esters is 1. The van der Waals surface area contributed by atoms with E-state index in [1.54, 1.807) is 0 Å². The Morgan fingerprint density at radius 2 is 2.00 bits per heavy atom. The van der Waals surface area contributed by atoms with Crippen LogP contribution >= 0.6 is 0 Å². The maximum Gasteiger partial charge on any atom is 0.306 e. The quantitative estimate of drug-likeness (QED) is 0.665. The van der Waals surface area contributed by atoms with Gasteiger partial charge in [-0.2, -0.15) is 0 Å². The summed E-state index contributed by atoms with van der Waals surface area (Å²) in [5.74, 6) is 1.52. The molecule has 0 spiro atoms. The molecule has 1 aromatic carbocycles. The van der Waals surface area contributed by atoms with Gasteiger partial charge in [-0.05, 0) is 49.0 Å². The molecular weight excluding hydrogens is 300 g/mol.